The number of nitro benzene ring substituents is 2. The number of anilines is 1. The highest BCUT2D eigenvalue weighted by atomic mass is 32.2. The van der Waals surface area contributed by atoms with Crippen molar-refractivity contribution in [2.75, 3.05) is 11.1 Å². The van der Waals surface area contributed by atoms with Crippen molar-refractivity contribution in [2.45, 2.75) is 4.34 Å². The zero-order valence-electron chi connectivity index (χ0n) is 17.7. The Labute approximate surface area is 205 Å². The fourth-order valence-corrected chi connectivity index (χ4v) is 4.83. The number of benzene rings is 3. The van der Waals surface area contributed by atoms with Crippen LogP contribution in [0.4, 0.5) is 22.7 Å². The van der Waals surface area contributed by atoms with E-state index in [-0.39, 0.29) is 34.3 Å². The number of aromatic nitrogens is 1. The molecule has 4 aromatic rings. The van der Waals surface area contributed by atoms with Crippen LogP contribution in [0.1, 0.15) is 5.56 Å². The number of non-ortho nitro benzene ring substituents is 2. The molecular weight excluding hydrogens is 494 g/mol. The molecule has 176 valence electrons. The van der Waals surface area contributed by atoms with Crippen molar-refractivity contribution in [3.8, 4) is 5.75 Å². The van der Waals surface area contributed by atoms with Gasteiger partial charge in [-0.1, -0.05) is 11.8 Å². The van der Waals surface area contributed by atoms with Crippen LogP contribution in [0.25, 0.3) is 10.2 Å². The Balaban J connectivity index is 1.40. The van der Waals surface area contributed by atoms with Crippen molar-refractivity contribution in [3.63, 3.8) is 0 Å². The van der Waals surface area contributed by atoms with Gasteiger partial charge in [-0.25, -0.2) is 4.98 Å². The lowest BCUT2D eigenvalue weighted by atomic mass is 10.2. The van der Waals surface area contributed by atoms with Crippen LogP contribution >= 0.6 is 23.1 Å². The third-order valence-electron chi connectivity index (χ3n) is 4.62. The Hall–Kier alpha value is -4.36. The number of aromatic hydroxyl groups is 1. The first kappa shape index (κ1) is 23.8. The lowest BCUT2D eigenvalue weighted by Crippen LogP contribution is -2.13. The molecule has 0 unspecified atom stereocenters. The molecular formula is C22H15N5O6S2. The minimum Gasteiger partial charge on any atom is -0.507 e. The molecule has 2 N–H and O–H groups in total. The molecule has 0 aliphatic heterocycles. The predicted molar refractivity (Wildman–Crippen MR) is 134 cm³/mol. The van der Waals surface area contributed by atoms with Crippen LogP contribution in [0, 0.1) is 20.2 Å². The van der Waals surface area contributed by atoms with Crippen LogP contribution in [0.2, 0.25) is 0 Å². The normalized spacial score (nSPS) is 11.1. The molecule has 0 bridgehead atoms. The average Bonchev–Trinajstić information content (AvgIpc) is 3.24. The zero-order chi connectivity index (χ0) is 24.9. The second-order valence-electron chi connectivity index (χ2n) is 7.03. The number of thiazole rings is 1. The largest absolute Gasteiger partial charge is 0.507 e. The van der Waals surface area contributed by atoms with Crippen LogP contribution in [0.5, 0.6) is 5.75 Å². The molecule has 13 heteroatoms. The van der Waals surface area contributed by atoms with E-state index in [4.69, 9.17) is 0 Å². The maximum Gasteiger partial charge on any atom is 0.270 e. The molecule has 3 aromatic carbocycles. The first-order chi connectivity index (χ1) is 16.8. The summed E-state index contributed by atoms with van der Waals surface area (Å²) < 4.78 is 1.51. The Morgan fingerprint density at radius 3 is 2.49 bits per heavy atom. The quantitative estimate of drug-likeness (QED) is 0.140. The van der Waals surface area contributed by atoms with Crippen LogP contribution < -0.4 is 5.32 Å². The lowest BCUT2D eigenvalue weighted by Gasteiger charge is -2.03. The van der Waals surface area contributed by atoms with Gasteiger partial charge in [-0.3, -0.25) is 30.0 Å². The number of thioether (sulfide) groups is 1. The maximum absolute atomic E-state index is 12.2. The number of amides is 1. The standard InChI is InChI=1S/C22H15N5O6S2/c28-19-8-6-17(27(32)33)9-13(19)11-23-15-3-7-18-20(10-15)35-22(25-18)34-12-21(29)24-14-1-4-16(5-2-14)26(30)31/h1-11,28H,12H2,(H,24,29). The van der Waals surface area contributed by atoms with E-state index in [1.165, 1.54) is 71.8 Å². The topological polar surface area (TPSA) is 161 Å². The zero-order valence-corrected chi connectivity index (χ0v) is 19.3. The SMILES string of the molecule is O=C(CSc1nc2ccc(N=Cc3cc([N+](=O)[O-])ccc3O)cc2s1)Nc1ccc([N+](=O)[O-])cc1. The smallest absolute Gasteiger partial charge is 0.270 e. The first-order valence-corrected chi connectivity index (χ1v) is 11.7. The second kappa shape index (κ2) is 10.3. The fourth-order valence-electron chi connectivity index (χ4n) is 2.93. The molecule has 0 aliphatic rings. The highest BCUT2D eigenvalue weighted by Crippen LogP contribution is 2.32. The lowest BCUT2D eigenvalue weighted by molar-refractivity contribution is -0.385. The monoisotopic (exact) mass is 509 g/mol. The molecule has 11 nitrogen and oxygen atoms in total. The third kappa shape index (κ3) is 5.96. The Morgan fingerprint density at radius 2 is 1.77 bits per heavy atom. The molecule has 0 saturated heterocycles. The summed E-state index contributed by atoms with van der Waals surface area (Å²) in [6.07, 6.45) is 1.35. The number of carbonyl (C=O) groups is 1. The maximum atomic E-state index is 12.2. The molecule has 0 atom stereocenters. The molecule has 0 radical (unpaired) electrons. The summed E-state index contributed by atoms with van der Waals surface area (Å²) >= 11 is 2.64. The van der Waals surface area contributed by atoms with Gasteiger partial charge in [0.05, 0.1) is 31.5 Å². The number of phenolic OH excluding ortho intramolecular Hbond substituents is 1. The summed E-state index contributed by atoms with van der Waals surface area (Å²) in [4.78, 5) is 41.6. The molecule has 1 heterocycles. The minimum atomic E-state index is -0.550. The number of phenols is 1. The van der Waals surface area contributed by atoms with Gasteiger partial charge in [0.2, 0.25) is 5.91 Å². The summed E-state index contributed by atoms with van der Waals surface area (Å²) in [5.41, 5.74) is 1.77. The highest BCUT2D eigenvalue weighted by Gasteiger charge is 2.11. The van der Waals surface area contributed by atoms with Crippen LogP contribution in [0.15, 0.2) is 70.0 Å². The van der Waals surface area contributed by atoms with E-state index in [1.54, 1.807) is 18.2 Å². The van der Waals surface area contributed by atoms with Crippen molar-refractivity contribution in [3.05, 3.63) is 86.5 Å². The predicted octanol–water partition coefficient (Wildman–Crippen LogP) is 5.30. The Kier molecular flexibility index (Phi) is 6.98. The molecule has 1 amide bonds. The van der Waals surface area contributed by atoms with E-state index >= 15 is 0 Å². The third-order valence-corrected chi connectivity index (χ3v) is 6.78. The number of carbonyl (C=O) groups excluding carboxylic acids is 1. The van der Waals surface area contributed by atoms with E-state index < -0.39 is 9.85 Å². The number of nitrogens with zero attached hydrogens (tertiary/aromatic N) is 4. The molecule has 0 spiro atoms. The first-order valence-electron chi connectivity index (χ1n) is 9.87. The molecule has 0 fully saturated rings. The van der Waals surface area contributed by atoms with E-state index in [0.29, 0.717) is 15.7 Å². The number of hydrogen-bond donors (Lipinski definition) is 2. The second-order valence-corrected chi connectivity index (χ2v) is 9.28. The minimum absolute atomic E-state index is 0.0579. The van der Waals surface area contributed by atoms with Crippen molar-refractivity contribution in [1.82, 2.24) is 4.98 Å². The van der Waals surface area contributed by atoms with E-state index in [0.717, 1.165) is 10.2 Å². The van der Waals surface area contributed by atoms with Gasteiger partial charge in [-0.15, -0.1) is 11.3 Å². The summed E-state index contributed by atoms with van der Waals surface area (Å²) in [5, 5.41) is 34.2. The van der Waals surface area contributed by atoms with Gasteiger partial charge in [0.25, 0.3) is 11.4 Å². The summed E-state index contributed by atoms with van der Waals surface area (Å²) in [7, 11) is 0. The van der Waals surface area contributed by atoms with Gasteiger partial charge in [0, 0.05) is 41.7 Å². The molecule has 0 aliphatic carbocycles. The van der Waals surface area contributed by atoms with E-state index in [9.17, 15) is 30.1 Å². The number of aliphatic imine (C=N–C) groups is 1. The Bertz CT molecular complexity index is 1470. The molecule has 4 rings (SSSR count). The number of rotatable bonds is 8. The highest BCUT2D eigenvalue weighted by molar-refractivity contribution is 8.01. The number of fused-ring (bicyclic) bond motifs is 1. The van der Waals surface area contributed by atoms with Crippen LogP contribution in [0.3, 0.4) is 0 Å². The van der Waals surface area contributed by atoms with Crippen molar-refractivity contribution in [2.24, 2.45) is 4.99 Å². The number of nitro groups is 2. The number of nitrogens with one attached hydrogen (secondary N) is 1. The van der Waals surface area contributed by atoms with Crippen molar-refractivity contribution < 1.29 is 19.7 Å². The summed E-state index contributed by atoms with van der Waals surface area (Å²) in [6, 6.07) is 14.5. The Morgan fingerprint density at radius 1 is 1.06 bits per heavy atom. The number of hydrogen-bond acceptors (Lipinski definition) is 10. The molecule has 35 heavy (non-hydrogen) atoms. The van der Waals surface area contributed by atoms with Gasteiger partial charge < -0.3 is 10.4 Å². The van der Waals surface area contributed by atoms with Gasteiger partial charge >= 0.3 is 0 Å². The van der Waals surface area contributed by atoms with Gasteiger partial charge in [0.1, 0.15) is 5.75 Å². The summed E-state index contributed by atoms with van der Waals surface area (Å²) in [5.74, 6) is -0.289. The van der Waals surface area contributed by atoms with E-state index in [2.05, 4.69) is 15.3 Å². The molecule has 0 saturated carbocycles. The van der Waals surface area contributed by atoms with Crippen molar-refractivity contribution in [1.29, 1.82) is 0 Å². The van der Waals surface area contributed by atoms with Crippen molar-refractivity contribution >= 4 is 68.2 Å². The fraction of sp³-hybridized carbons (Fsp3) is 0.0455. The summed E-state index contributed by atoms with van der Waals surface area (Å²) in [6.45, 7) is 0. The van der Waals surface area contributed by atoms with Gasteiger partial charge in [0.15, 0.2) is 4.34 Å². The van der Waals surface area contributed by atoms with E-state index in [1.807, 2.05) is 0 Å². The van der Waals surface area contributed by atoms with Crippen LogP contribution in [-0.4, -0.2) is 37.8 Å². The molecule has 1 aromatic heterocycles. The van der Waals surface area contributed by atoms with Gasteiger partial charge in [-0.2, -0.15) is 0 Å². The van der Waals surface area contributed by atoms with Gasteiger partial charge in [-0.05, 0) is 36.4 Å². The average molecular weight is 510 g/mol. The van der Waals surface area contributed by atoms with Crippen LogP contribution in [-0.2, 0) is 4.79 Å².